The molecule has 5 aromatic carbocycles. The molecule has 34 heavy (non-hydrogen) atoms. The average molecular weight is 447 g/mol. The molecule has 0 aliphatic carbocycles. The van der Waals surface area contributed by atoms with E-state index in [1.54, 1.807) is 6.07 Å². The van der Waals surface area contributed by atoms with Gasteiger partial charge >= 0.3 is 0 Å². The van der Waals surface area contributed by atoms with Gasteiger partial charge in [-0.3, -0.25) is 19.7 Å². The van der Waals surface area contributed by atoms with Gasteiger partial charge in [-0.15, -0.1) is 0 Å². The van der Waals surface area contributed by atoms with E-state index in [0.29, 0.717) is 27.2 Å². The van der Waals surface area contributed by atoms with E-state index < -0.39 is 0 Å². The molecular weight excluding hydrogens is 424 g/mol. The topological polar surface area (TPSA) is 79.0 Å². The Labute approximate surface area is 194 Å². The van der Waals surface area contributed by atoms with Crippen molar-refractivity contribution in [1.29, 1.82) is 0 Å². The Morgan fingerprint density at radius 3 is 1.88 bits per heavy atom. The molecule has 5 nitrogen and oxygen atoms in total. The number of aromatic nitrogens is 1. The predicted molar refractivity (Wildman–Crippen MR) is 139 cm³/mol. The van der Waals surface area contributed by atoms with Crippen molar-refractivity contribution in [2.75, 3.05) is 0 Å². The van der Waals surface area contributed by atoms with Gasteiger partial charge in [-0.1, -0.05) is 32.6 Å². The molecule has 0 unspecified atom stereocenters. The second kappa shape index (κ2) is 6.64. The lowest BCUT2D eigenvalue weighted by atomic mass is 9.81. The predicted octanol–water partition coefficient (Wildman–Crippen LogP) is 5.23. The van der Waals surface area contributed by atoms with Crippen LogP contribution in [0, 0.1) is 13.8 Å². The number of H-pyrrole nitrogens is 1. The Morgan fingerprint density at radius 2 is 1.18 bits per heavy atom. The summed E-state index contributed by atoms with van der Waals surface area (Å²) in [6.45, 7) is 12.1. The van der Waals surface area contributed by atoms with Gasteiger partial charge in [0, 0.05) is 38.0 Å². The number of carbonyl (C=O) groups is 2. The van der Waals surface area contributed by atoms with Crippen LogP contribution in [-0.4, -0.2) is 16.8 Å². The van der Waals surface area contributed by atoms with E-state index in [9.17, 15) is 14.4 Å². The zero-order valence-corrected chi connectivity index (χ0v) is 19.4. The van der Waals surface area contributed by atoms with Crippen LogP contribution in [0.4, 0.5) is 0 Å². The van der Waals surface area contributed by atoms with E-state index in [1.165, 1.54) is 0 Å². The van der Waals surface area contributed by atoms with Crippen molar-refractivity contribution in [1.82, 2.24) is 10.3 Å². The van der Waals surface area contributed by atoms with Crippen molar-refractivity contribution in [3.63, 3.8) is 0 Å². The minimum atomic E-state index is -0.371. The first-order valence-electron chi connectivity index (χ1n) is 11.4. The summed E-state index contributed by atoms with van der Waals surface area (Å²) in [5.74, 6) is -0.736. The SMILES string of the molecule is C=c1[nH]c(=O)c2ccc3c4c(C)cc5c6c(ccc(c7c(C)cc1c2c37)c64)C(=O)NC5=O.CC. The summed E-state index contributed by atoms with van der Waals surface area (Å²) in [5, 5.41) is 12.2. The van der Waals surface area contributed by atoms with Crippen molar-refractivity contribution in [3.8, 4) is 0 Å². The third-order valence-corrected chi connectivity index (χ3v) is 7.05. The van der Waals surface area contributed by atoms with Crippen LogP contribution in [0.25, 0.3) is 60.4 Å². The smallest absolute Gasteiger partial charge is 0.258 e. The molecule has 2 amide bonds. The second-order valence-corrected chi connectivity index (χ2v) is 8.77. The normalized spacial score (nSPS) is 13.3. The molecule has 0 saturated heterocycles. The molecule has 0 atom stereocenters. The maximum atomic E-state index is 12.8. The number of nitrogens with one attached hydrogen (secondary N) is 2. The quantitative estimate of drug-likeness (QED) is 0.190. The average Bonchev–Trinajstić information content (AvgIpc) is 2.82. The molecule has 0 radical (unpaired) electrons. The number of pyridine rings is 1. The highest BCUT2D eigenvalue weighted by molar-refractivity contribution is 6.41. The van der Waals surface area contributed by atoms with E-state index in [4.69, 9.17) is 0 Å². The third kappa shape index (κ3) is 2.26. The number of aromatic amines is 1. The Morgan fingerprint density at radius 1 is 0.618 bits per heavy atom. The highest BCUT2D eigenvalue weighted by atomic mass is 16.2. The van der Waals surface area contributed by atoms with Crippen molar-refractivity contribution < 1.29 is 9.59 Å². The van der Waals surface area contributed by atoms with Gasteiger partial charge in [0.15, 0.2) is 0 Å². The van der Waals surface area contributed by atoms with Crippen molar-refractivity contribution in [2.24, 2.45) is 0 Å². The lowest BCUT2D eigenvalue weighted by Gasteiger charge is -2.23. The minimum Gasteiger partial charge on any atom is -0.322 e. The molecule has 7 rings (SSSR count). The molecule has 2 heterocycles. The molecule has 166 valence electrons. The van der Waals surface area contributed by atoms with Crippen LogP contribution in [0.5, 0.6) is 0 Å². The first-order chi connectivity index (χ1) is 16.4. The fourth-order valence-corrected chi connectivity index (χ4v) is 5.82. The van der Waals surface area contributed by atoms with E-state index in [1.807, 2.05) is 45.0 Å². The number of fused-ring (bicyclic) bond motifs is 2. The fourth-order valence-electron chi connectivity index (χ4n) is 5.82. The van der Waals surface area contributed by atoms with E-state index in [0.717, 1.165) is 54.2 Å². The van der Waals surface area contributed by atoms with Crippen LogP contribution in [0.2, 0.25) is 0 Å². The molecule has 1 aliphatic heterocycles. The summed E-state index contributed by atoms with van der Waals surface area (Å²) in [5.41, 5.74) is 2.90. The lowest BCUT2D eigenvalue weighted by molar-refractivity contribution is 0.0845. The van der Waals surface area contributed by atoms with Crippen LogP contribution in [0.3, 0.4) is 0 Å². The van der Waals surface area contributed by atoms with Gasteiger partial charge in [0.05, 0.1) is 0 Å². The molecule has 6 aromatic rings. The van der Waals surface area contributed by atoms with Gasteiger partial charge in [-0.2, -0.15) is 0 Å². The maximum absolute atomic E-state index is 12.8. The number of hydrogen-bond donors (Lipinski definition) is 2. The molecule has 1 aromatic heterocycles. The first kappa shape index (κ1) is 20.4. The van der Waals surface area contributed by atoms with Gasteiger partial charge in [0.2, 0.25) is 0 Å². The summed E-state index contributed by atoms with van der Waals surface area (Å²) >= 11 is 0. The zero-order chi connectivity index (χ0) is 24.0. The zero-order valence-electron chi connectivity index (χ0n) is 19.4. The van der Waals surface area contributed by atoms with Crippen LogP contribution in [-0.2, 0) is 0 Å². The molecule has 0 fully saturated rings. The summed E-state index contributed by atoms with van der Waals surface area (Å²) in [6, 6.07) is 11.6. The van der Waals surface area contributed by atoms with Gasteiger partial charge in [-0.05, 0) is 81.6 Å². The standard InChI is InChI=1S/C27H16N2O3.C2H6/c1-10-8-17-12(3)28-25(30)15-6-4-13-20-11(2)9-18-22-16(26(31)29-27(18)32)7-5-14(24(20)22)19(10)23(13)21(15)17;1-2/h4-9H,3H2,1-2H3,(H,28,30)(H,29,31,32);1-2H3. The summed E-state index contributed by atoms with van der Waals surface area (Å²) < 4.78 is 0. The van der Waals surface area contributed by atoms with Crippen molar-refractivity contribution in [2.45, 2.75) is 27.7 Å². The molecule has 2 N–H and O–H groups in total. The number of hydrogen-bond acceptors (Lipinski definition) is 3. The number of carbonyl (C=O) groups excluding carboxylic acids is 2. The lowest BCUT2D eigenvalue weighted by Crippen LogP contribution is -2.34. The van der Waals surface area contributed by atoms with Crippen molar-refractivity contribution in [3.05, 3.63) is 74.4 Å². The summed E-state index contributed by atoms with van der Waals surface area (Å²) in [4.78, 5) is 40.9. The molecule has 5 heteroatoms. The van der Waals surface area contributed by atoms with Gasteiger partial charge in [0.1, 0.15) is 0 Å². The van der Waals surface area contributed by atoms with Gasteiger partial charge < -0.3 is 4.98 Å². The number of benzene rings is 5. The van der Waals surface area contributed by atoms with E-state index in [-0.39, 0.29) is 17.4 Å². The summed E-state index contributed by atoms with van der Waals surface area (Å²) in [6.07, 6.45) is 0. The van der Waals surface area contributed by atoms with Crippen LogP contribution in [0.1, 0.15) is 45.7 Å². The Hall–Kier alpha value is -4.25. The fraction of sp³-hybridized carbons (Fsp3) is 0.138. The van der Waals surface area contributed by atoms with E-state index >= 15 is 0 Å². The van der Waals surface area contributed by atoms with Crippen LogP contribution in [0.15, 0.2) is 41.2 Å². The van der Waals surface area contributed by atoms with Gasteiger partial charge in [0.25, 0.3) is 17.4 Å². The number of aryl methyl sites for hydroxylation is 2. The molecular formula is C29H22N2O3. The Balaban J connectivity index is 0.00000106. The summed E-state index contributed by atoms with van der Waals surface area (Å²) in [7, 11) is 0. The van der Waals surface area contributed by atoms with E-state index in [2.05, 4.69) is 29.9 Å². The highest BCUT2D eigenvalue weighted by Crippen LogP contribution is 2.46. The van der Waals surface area contributed by atoms with Crippen LogP contribution < -0.4 is 16.2 Å². The maximum Gasteiger partial charge on any atom is 0.258 e. The number of amides is 2. The van der Waals surface area contributed by atoms with Crippen LogP contribution >= 0.6 is 0 Å². The molecule has 0 spiro atoms. The molecule has 0 bridgehead atoms. The van der Waals surface area contributed by atoms with Gasteiger partial charge in [-0.25, -0.2) is 0 Å². The molecule has 0 saturated carbocycles. The third-order valence-electron chi connectivity index (χ3n) is 7.05. The molecule has 1 aliphatic rings. The number of rotatable bonds is 0. The first-order valence-corrected chi connectivity index (χ1v) is 11.4. The second-order valence-electron chi connectivity index (χ2n) is 8.77. The Kier molecular flexibility index (Phi) is 3.98. The Bertz CT molecular complexity index is 2000. The minimum absolute atomic E-state index is 0.154. The monoisotopic (exact) mass is 446 g/mol. The number of imide groups is 1. The largest absolute Gasteiger partial charge is 0.322 e. The highest BCUT2D eigenvalue weighted by Gasteiger charge is 2.29. The van der Waals surface area contributed by atoms with Crippen molar-refractivity contribution >= 4 is 72.3 Å².